The summed E-state index contributed by atoms with van der Waals surface area (Å²) in [5, 5.41) is 9.64. The SMILES string of the molecule is CN(CCCOc1ccc(Cc2sc(=O)[nH]c2O)cc1)c1ccccn1. The Balaban J connectivity index is 1.44. The van der Waals surface area contributed by atoms with Gasteiger partial charge in [0.1, 0.15) is 11.6 Å². The third-order valence-corrected chi connectivity index (χ3v) is 4.81. The van der Waals surface area contributed by atoms with Crippen LogP contribution in [0.1, 0.15) is 16.9 Å². The van der Waals surface area contributed by atoms with E-state index in [4.69, 9.17) is 4.74 Å². The first kappa shape index (κ1) is 18.0. The van der Waals surface area contributed by atoms with Gasteiger partial charge < -0.3 is 14.7 Å². The molecule has 0 aliphatic heterocycles. The number of aromatic nitrogens is 2. The van der Waals surface area contributed by atoms with E-state index in [2.05, 4.69) is 14.9 Å². The minimum Gasteiger partial charge on any atom is -0.494 e. The molecule has 0 bridgehead atoms. The highest BCUT2D eigenvalue weighted by Crippen LogP contribution is 2.21. The third kappa shape index (κ3) is 4.86. The topological polar surface area (TPSA) is 78.5 Å². The lowest BCUT2D eigenvalue weighted by atomic mass is 10.1. The maximum atomic E-state index is 11.2. The Bertz CT molecular complexity index is 875. The second-order valence-electron chi connectivity index (χ2n) is 5.92. The van der Waals surface area contributed by atoms with Crippen molar-refractivity contribution in [1.82, 2.24) is 9.97 Å². The van der Waals surface area contributed by atoms with Crippen LogP contribution in [0.5, 0.6) is 11.6 Å². The number of thiazole rings is 1. The van der Waals surface area contributed by atoms with Crippen molar-refractivity contribution in [2.45, 2.75) is 12.8 Å². The number of aromatic hydroxyl groups is 1. The third-order valence-electron chi connectivity index (χ3n) is 3.94. The highest BCUT2D eigenvalue weighted by atomic mass is 32.1. The number of ether oxygens (including phenoxy) is 1. The average Bonchev–Trinajstić information content (AvgIpc) is 2.97. The Morgan fingerprint density at radius 1 is 1.23 bits per heavy atom. The molecule has 0 amide bonds. The minimum absolute atomic E-state index is 0.0441. The van der Waals surface area contributed by atoms with Crippen LogP contribution in [0.2, 0.25) is 0 Å². The van der Waals surface area contributed by atoms with Crippen LogP contribution in [0.25, 0.3) is 0 Å². The Morgan fingerprint density at radius 2 is 2.04 bits per heavy atom. The van der Waals surface area contributed by atoms with Gasteiger partial charge in [-0.05, 0) is 36.2 Å². The summed E-state index contributed by atoms with van der Waals surface area (Å²) in [5.74, 6) is 1.71. The van der Waals surface area contributed by atoms with Gasteiger partial charge in [0, 0.05) is 26.2 Å². The molecule has 0 atom stereocenters. The van der Waals surface area contributed by atoms with Crippen LogP contribution in [0.3, 0.4) is 0 Å². The van der Waals surface area contributed by atoms with Crippen molar-refractivity contribution >= 4 is 17.2 Å². The molecule has 1 aromatic carbocycles. The van der Waals surface area contributed by atoms with E-state index in [1.807, 2.05) is 49.5 Å². The summed E-state index contributed by atoms with van der Waals surface area (Å²) in [6.07, 6.45) is 3.19. The van der Waals surface area contributed by atoms with Crippen molar-refractivity contribution < 1.29 is 9.84 Å². The first-order valence-corrected chi connectivity index (χ1v) is 9.18. The number of H-pyrrole nitrogens is 1. The van der Waals surface area contributed by atoms with Crippen LogP contribution in [-0.2, 0) is 6.42 Å². The second kappa shape index (κ2) is 8.53. The van der Waals surface area contributed by atoms with Gasteiger partial charge in [-0.15, -0.1) is 0 Å². The standard InChI is InChI=1S/C19H21N3O3S/c1-22(17-5-2-3-10-20-17)11-4-12-25-15-8-6-14(7-9-15)13-16-18(23)21-19(24)26-16/h2-3,5-10,23H,4,11-13H2,1H3,(H,21,24). The van der Waals surface area contributed by atoms with Gasteiger partial charge in [0.05, 0.1) is 11.5 Å². The molecule has 2 heterocycles. The van der Waals surface area contributed by atoms with Gasteiger partial charge in [-0.1, -0.05) is 29.5 Å². The fraction of sp³-hybridized carbons (Fsp3) is 0.263. The number of rotatable bonds is 8. The molecule has 136 valence electrons. The fourth-order valence-corrected chi connectivity index (χ4v) is 3.30. The molecule has 3 rings (SSSR count). The number of hydrogen-bond acceptors (Lipinski definition) is 6. The predicted molar refractivity (Wildman–Crippen MR) is 103 cm³/mol. The lowest BCUT2D eigenvalue weighted by Crippen LogP contribution is -2.21. The molecule has 0 saturated carbocycles. The maximum absolute atomic E-state index is 11.2. The zero-order chi connectivity index (χ0) is 18.4. The lowest BCUT2D eigenvalue weighted by Gasteiger charge is -2.17. The summed E-state index contributed by atoms with van der Waals surface area (Å²) in [4.78, 5) is 20.4. The van der Waals surface area contributed by atoms with Crippen LogP contribution in [0, 0.1) is 0 Å². The van der Waals surface area contributed by atoms with E-state index in [-0.39, 0.29) is 10.8 Å². The Labute approximate surface area is 155 Å². The molecular weight excluding hydrogens is 350 g/mol. The number of anilines is 1. The smallest absolute Gasteiger partial charge is 0.307 e. The average molecular weight is 371 g/mol. The van der Waals surface area contributed by atoms with Crippen LogP contribution < -0.4 is 14.5 Å². The quantitative estimate of drug-likeness (QED) is 0.595. The Kier molecular flexibility index (Phi) is 5.91. The van der Waals surface area contributed by atoms with E-state index in [0.29, 0.717) is 17.9 Å². The Hall–Kier alpha value is -2.80. The van der Waals surface area contributed by atoms with Crippen molar-refractivity contribution in [3.05, 3.63) is 68.8 Å². The largest absolute Gasteiger partial charge is 0.494 e. The van der Waals surface area contributed by atoms with Crippen LogP contribution in [-0.4, -0.2) is 35.3 Å². The molecule has 0 spiro atoms. The summed E-state index contributed by atoms with van der Waals surface area (Å²) in [6, 6.07) is 13.6. The minimum atomic E-state index is -0.242. The molecule has 26 heavy (non-hydrogen) atoms. The summed E-state index contributed by atoms with van der Waals surface area (Å²) < 4.78 is 5.78. The van der Waals surface area contributed by atoms with Crippen molar-refractivity contribution in [2.24, 2.45) is 0 Å². The molecule has 6 nitrogen and oxygen atoms in total. The molecule has 0 aliphatic carbocycles. The highest BCUT2D eigenvalue weighted by Gasteiger charge is 2.07. The van der Waals surface area contributed by atoms with E-state index >= 15 is 0 Å². The summed E-state index contributed by atoms with van der Waals surface area (Å²) in [6.45, 7) is 1.48. The zero-order valence-corrected chi connectivity index (χ0v) is 15.3. The van der Waals surface area contributed by atoms with Crippen molar-refractivity contribution in [2.75, 3.05) is 25.1 Å². The van der Waals surface area contributed by atoms with Crippen molar-refractivity contribution in [3.63, 3.8) is 0 Å². The molecule has 0 fully saturated rings. The Morgan fingerprint density at radius 3 is 2.69 bits per heavy atom. The number of nitrogens with one attached hydrogen (secondary N) is 1. The normalized spacial score (nSPS) is 10.7. The number of pyridine rings is 1. The predicted octanol–water partition coefficient (Wildman–Crippen LogP) is 3.03. The van der Waals surface area contributed by atoms with Gasteiger partial charge in [-0.25, -0.2) is 4.98 Å². The molecule has 0 radical (unpaired) electrons. The van der Waals surface area contributed by atoms with Crippen molar-refractivity contribution in [1.29, 1.82) is 0 Å². The summed E-state index contributed by atoms with van der Waals surface area (Å²) in [7, 11) is 2.02. The number of hydrogen-bond donors (Lipinski definition) is 2. The maximum Gasteiger partial charge on any atom is 0.307 e. The molecule has 2 aromatic heterocycles. The van der Waals surface area contributed by atoms with Crippen LogP contribution >= 0.6 is 11.3 Å². The fourth-order valence-electron chi connectivity index (χ4n) is 2.55. The molecule has 0 saturated heterocycles. The molecule has 0 aliphatic rings. The molecule has 0 unspecified atom stereocenters. The van der Waals surface area contributed by atoms with Crippen molar-refractivity contribution in [3.8, 4) is 11.6 Å². The molecule has 3 aromatic rings. The van der Waals surface area contributed by atoms with E-state index in [0.717, 1.165) is 41.4 Å². The molecule has 2 N–H and O–H groups in total. The highest BCUT2D eigenvalue weighted by molar-refractivity contribution is 7.09. The van der Waals surface area contributed by atoms with Gasteiger partial charge in [0.25, 0.3) is 0 Å². The van der Waals surface area contributed by atoms with Gasteiger partial charge >= 0.3 is 4.87 Å². The number of nitrogens with zero attached hydrogens (tertiary/aromatic N) is 2. The van der Waals surface area contributed by atoms with E-state index in [9.17, 15) is 9.90 Å². The first-order chi connectivity index (χ1) is 12.6. The van der Waals surface area contributed by atoms with Gasteiger partial charge in [-0.3, -0.25) is 9.78 Å². The van der Waals surface area contributed by atoms with Gasteiger partial charge in [0.15, 0.2) is 0 Å². The molecular formula is C19H21N3O3S. The number of aromatic amines is 1. The van der Waals surface area contributed by atoms with E-state index in [1.54, 1.807) is 6.20 Å². The van der Waals surface area contributed by atoms with Crippen LogP contribution in [0.4, 0.5) is 5.82 Å². The summed E-state index contributed by atoms with van der Waals surface area (Å²) in [5.41, 5.74) is 1.01. The van der Waals surface area contributed by atoms with Gasteiger partial charge in [0.2, 0.25) is 5.88 Å². The summed E-state index contributed by atoms with van der Waals surface area (Å²) >= 11 is 1.03. The monoisotopic (exact) mass is 371 g/mol. The van der Waals surface area contributed by atoms with Gasteiger partial charge in [-0.2, -0.15) is 0 Å². The first-order valence-electron chi connectivity index (χ1n) is 8.36. The lowest BCUT2D eigenvalue weighted by molar-refractivity contribution is 0.312. The second-order valence-corrected chi connectivity index (χ2v) is 6.99. The van der Waals surface area contributed by atoms with E-state index in [1.165, 1.54) is 0 Å². The van der Waals surface area contributed by atoms with Crippen LogP contribution in [0.15, 0.2) is 53.5 Å². The van der Waals surface area contributed by atoms with E-state index < -0.39 is 0 Å². The molecule has 7 heteroatoms. The zero-order valence-electron chi connectivity index (χ0n) is 14.5. The number of benzene rings is 1.